The largest absolute Gasteiger partial charge is 0.508 e. The van der Waals surface area contributed by atoms with Crippen LogP contribution < -0.4 is 29.1 Å². The molecule has 0 saturated carbocycles. The van der Waals surface area contributed by atoms with Crippen molar-refractivity contribution < 1.29 is 108 Å². The Morgan fingerprint density at radius 3 is 1.71 bits per heavy atom. The summed E-state index contributed by atoms with van der Waals surface area (Å²) < 4.78 is 55.3. The van der Waals surface area contributed by atoms with Gasteiger partial charge in [0.05, 0.1) is 47.2 Å². The first-order valence-corrected chi connectivity index (χ1v) is 21.7. The van der Waals surface area contributed by atoms with Crippen LogP contribution in [0.5, 0.6) is 51.7 Å². The molecular weight excluding hydrogens is 957 g/mol. The van der Waals surface area contributed by atoms with E-state index in [1.807, 2.05) is 0 Å². The summed E-state index contributed by atoms with van der Waals surface area (Å²) in [4.78, 5) is 40.5. The molecule has 384 valence electrons. The van der Waals surface area contributed by atoms with Crippen molar-refractivity contribution in [1.82, 2.24) is 0 Å². The number of carbonyl (C=O) groups excluding carboxylic acids is 2. The van der Waals surface area contributed by atoms with Crippen LogP contribution in [-0.2, 0) is 28.5 Å². The zero-order chi connectivity index (χ0) is 52.1. The number of hydrogen-bond donors (Lipinski definition) is 10. The fourth-order valence-corrected chi connectivity index (χ4v) is 7.92. The van der Waals surface area contributed by atoms with E-state index in [2.05, 4.69) is 0 Å². The monoisotopic (exact) mass is 1010 g/mol. The number of hydrogen-bond acceptors (Lipinski definition) is 23. The van der Waals surface area contributed by atoms with Gasteiger partial charge in [-0.2, -0.15) is 0 Å². The van der Waals surface area contributed by atoms with Gasteiger partial charge in [-0.05, 0) is 71.8 Å². The first-order valence-electron chi connectivity index (χ1n) is 21.7. The molecule has 7 rings (SSSR count). The molecule has 2 fully saturated rings. The SMILES string of the molecule is COc1cc(/C=C/C(=O)Oc2cc3oc(-c4ccc(O)cc4)cc(=O)c3c(O)c2[C@@H]2O[C@H](CO[C@@H]3O[C@H](CO)[C@@H](O)[C@H](O)[C@H]3OC(=O)/C=C/c3cc(OC)c(O)c(OC)c3)[C@@H](O)[C@H](O)[C@H]2O)cc(OC)c1O. The third-order valence-corrected chi connectivity index (χ3v) is 11.7. The van der Waals surface area contributed by atoms with Crippen LogP contribution in [0.4, 0.5) is 0 Å². The average Bonchev–Trinajstić information content (AvgIpc) is 3.36. The van der Waals surface area contributed by atoms with E-state index in [1.165, 1.54) is 89.1 Å². The molecule has 0 bridgehead atoms. The molecule has 3 heterocycles. The Labute approximate surface area is 407 Å². The van der Waals surface area contributed by atoms with Gasteiger partial charge in [0.2, 0.25) is 11.5 Å². The van der Waals surface area contributed by atoms with Crippen LogP contribution >= 0.6 is 0 Å². The fraction of sp³-hybridized carbons (Fsp3) is 0.327. The molecule has 0 radical (unpaired) electrons. The summed E-state index contributed by atoms with van der Waals surface area (Å²) in [5.41, 5.74) is -0.877. The number of ether oxygens (including phenoxy) is 9. The highest BCUT2D eigenvalue weighted by Gasteiger charge is 2.50. The lowest BCUT2D eigenvalue weighted by Crippen LogP contribution is -2.61. The third-order valence-electron chi connectivity index (χ3n) is 11.7. The predicted octanol–water partition coefficient (Wildman–Crippen LogP) is 1.54. The number of aromatic hydroxyl groups is 4. The number of rotatable bonds is 16. The molecule has 72 heavy (non-hydrogen) atoms. The van der Waals surface area contributed by atoms with Crippen molar-refractivity contribution in [3.05, 3.63) is 99.7 Å². The Kier molecular flexibility index (Phi) is 16.2. The van der Waals surface area contributed by atoms with Gasteiger partial charge in [0.1, 0.15) is 82.8 Å². The summed E-state index contributed by atoms with van der Waals surface area (Å²) in [6.07, 6.45) is -14.5. The van der Waals surface area contributed by atoms with Gasteiger partial charge in [0.15, 0.2) is 40.8 Å². The summed E-state index contributed by atoms with van der Waals surface area (Å²) >= 11 is 0. The lowest BCUT2D eigenvalue weighted by Gasteiger charge is -2.43. The molecule has 2 aliphatic heterocycles. The molecule has 10 atom stereocenters. The first-order chi connectivity index (χ1) is 34.4. The molecule has 10 N–H and O–H groups in total. The molecule has 2 saturated heterocycles. The van der Waals surface area contributed by atoms with Crippen molar-refractivity contribution in [2.24, 2.45) is 0 Å². The number of esters is 2. The van der Waals surface area contributed by atoms with E-state index in [1.54, 1.807) is 0 Å². The summed E-state index contributed by atoms with van der Waals surface area (Å²) in [5.74, 6) is -4.50. The minimum absolute atomic E-state index is 0.00214. The van der Waals surface area contributed by atoms with E-state index in [4.69, 9.17) is 47.0 Å². The molecule has 5 aromatic rings. The van der Waals surface area contributed by atoms with E-state index < -0.39 is 114 Å². The number of carbonyl (C=O) groups is 2. The number of aliphatic hydroxyl groups excluding tert-OH is 6. The Hall–Kier alpha value is -7.45. The van der Waals surface area contributed by atoms with Crippen molar-refractivity contribution >= 4 is 35.1 Å². The summed E-state index contributed by atoms with van der Waals surface area (Å²) in [5, 5.41) is 108. The first kappa shape index (κ1) is 52.4. The van der Waals surface area contributed by atoms with Gasteiger partial charge in [-0.15, -0.1) is 0 Å². The molecule has 0 spiro atoms. The maximum Gasteiger partial charge on any atom is 0.336 e. The van der Waals surface area contributed by atoms with Gasteiger partial charge >= 0.3 is 11.9 Å². The lowest BCUT2D eigenvalue weighted by atomic mass is 9.89. The number of aliphatic hydroxyl groups is 6. The molecule has 23 nitrogen and oxygen atoms in total. The highest BCUT2D eigenvalue weighted by molar-refractivity contribution is 5.93. The predicted molar refractivity (Wildman–Crippen MR) is 247 cm³/mol. The van der Waals surface area contributed by atoms with E-state index in [-0.39, 0.29) is 57.2 Å². The average molecular weight is 1010 g/mol. The van der Waals surface area contributed by atoms with Crippen LogP contribution in [0.2, 0.25) is 0 Å². The highest BCUT2D eigenvalue weighted by Crippen LogP contribution is 2.46. The zero-order valence-electron chi connectivity index (χ0n) is 38.5. The van der Waals surface area contributed by atoms with E-state index in [0.29, 0.717) is 11.1 Å². The number of benzene rings is 4. The van der Waals surface area contributed by atoms with Gasteiger partial charge in [-0.25, -0.2) is 9.59 Å². The number of phenols is 4. The lowest BCUT2D eigenvalue weighted by molar-refractivity contribution is -0.316. The van der Waals surface area contributed by atoms with E-state index in [0.717, 1.165) is 24.3 Å². The molecular formula is C49H50O23. The normalized spacial score (nSPS) is 24.3. The Balaban J connectivity index is 1.20. The minimum Gasteiger partial charge on any atom is -0.508 e. The van der Waals surface area contributed by atoms with Gasteiger partial charge in [0, 0.05) is 29.8 Å². The Morgan fingerprint density at radius 2 is 1.17 bits per heavy atom. The van der Waals surface area contributed by atoms with Crippen LogP contribution in [0.25, 0.3) is 34.4 Å². The number of phenolic OH excluding ortho intramolecular Hbond substituents is 4. The molecule has 0 unspecified atom stereocenters. The summed E-state index contributed by atoms with van der Waals surface area (Å²) in [6.45, 7) is -1.70. The molecule has 4 aromatic carbocycles. The van der Waals surface area contributed by atoms with Gasteiger partial charge in [-0.1, -0.05) is 0 Å². The molecule has 1 aromatic heterocycles. The van der Waals surface area contributed by atoms with Crippen LogP contribution in [0.3, 0.4) is 0 Å². The molecule has 0 aliphatic carbocycles. The van der Waals surface area contributed by atoms with Crippen molar-refractivity contribution in [2.75, 3.05) is 41.7 Å². The van der Waals surface area contributed by atoms with Crippen molar-refractivity contribution in [3.63, 3.8) is 0 Å². The zero-order valence-corrected chi connectivity index (χ0v) is 38.5. The topological polar surface area (TPSA) is 350 Å². The quantitative estimate of drug-likeness (QED) is 0.0381. The minimum atomic E-state index is -2.14. The Morgan fingerprint density at radius 1 is 0.625 bits per heavy atom. The van der Waals surface area contributed by atoms with Gasteiger partial charge in [0.25, 0.3) is 0 Å². The number of methoxy groups -OCH3 is 4. The van der Waals surface area contributed by atoms with Gasteiger partial charge < -0.3 is 98.1 Å². The highest BCUT2D eigenvalue weighted by atomic mass is 16.7. The smallest absolute Gasteiger partial charge is 0.336 e. The van der Waals surface area contributed by atoms with Gasteiger partial charge in [-0.3, -0.25) is 4.79 Å². The van der Waals surface area contributed by atoms with Crippen LogP contribution in [0, 0.1) is 0 Å². The second kappa shape index (κ2) is 22.3. The second-order valence-corrected chi connectivity index (χ2v) is 16.2. The van der Waals surface area contributed by atoms with E-state index in [9.17, 15) is 65.4 Å². The Bertz CT molecular complexity index is 2840. The van der Waals surface area contributed by atoms with Crippen molar-refractivity contribution in [2.45, 2.75) is 61.2 Å². The fourth-order valence-electron chi connectivity index (χ4n) is 7.92. The maximum absolute atomic E-state index is 13.8. The standard InChI is InChI=1S/C49H50O23/c1-63-29-13-21(14-30(64-2)39(29)55)5-11-35(53)69-28-18-27-37(25(52)17-26(68-27)23-7-9-24(51)10-8-23)43(59)38(28)47-46(62)44(60)42(58)34(70-47)20-67-49-48(45(61)41(57)33(19-50)71-49)72-36(54)12-6-22-15-31(65-3)40(56)32(16-22)66-4/h5-18,33-34,41-42,44-51,55-62H,19-20H2,1-4H3/b11-5+,12-6+/t33-,34-,41-,42-,44+,45+,46-,47+,48-,49-/m1/s1. The van der Waals surface area contributed by atoms with E-state index >= 15 is 0 Å². The van der Waals surface area contributed by atoms with Crippen molar-refractivity contribution in [1.29, 1.82) is 0 Å². The molecule has 0 amide bonds. The van der Waals surface area contributed by atoms with Crippen molar-refractivity contribution in [3.8, 4) is 63.1 Å². The number of fused-ring (bicyclic) bond motifs is 1. The second-order valence-electron chi connectivity index (χ2n) is 16.2. The van der Waals surface area contributed by atoms with Crippen LogP contribution in [0.1, 0.15) is 22.8 Å². The van der Waals surface area contributed by atoms with Crippen LogP contribution in [0.15, 0.2) is 82.0 Å². The molecule has 23 heteroatoms. The maximum atomic E-state index is 13.8. The summed E-state index contributed by atoms with van der Waals surface area (Å²) in [7, 11) is 5.17. The third kappa shape index (κ3) is 10.9. The van der Waals surface area contributed by atoms with Crippen LogP contribution in [-0.4, -0.2) is 160 Å². The summed E-state index contributed by atoms with van der Waals surface area (Å²) in [6, 6.07) is 13.1. The molecule has 2 aliphatic rings.